The van der Waals surface area contributed by atoms with Gasteiger partial charge in [0.25, 0.3) is 6.71 Å². The Morgan fingerprint density at radius 3 is 1.54 bits per heavy atom. The van der Waals surface area contributed by atoms with Crippen LogP contribution in [0.25, 0.3) is 0 Å². The second-order valence-electron chi connectivity index (χ2n) is 6.72. The van der Waals surface area contributed by atoms with E-state index in [0.717, 1.165) is 18.2 Å². The average molecular weight is 392 g/mol. The molecule has 3 rings (SSSR count). The van der Waals surface area contributed by atoms with Gasteiger partial charge in [-0.05, 0) is 55.7 Å². The largest absolute Gasteiger partial charge is 0.257 e. The fourth-order valence-electron chi connectivity index (χ4n) is 3.31. The monoisotopic (exact) mass is 392 g/mol. The van der Waals surface area contributed by atoms with Gasteiger partial charge in [-0.15, -0.1) is 0 Å². The molecule has 0 saturated heterocycles. The zero-order valence-corrected chi connectivity index (χ0v) is 15.3. The predicted octanol–water partition coefficient (Wildman–Crippen LogP) is 3.96. The van der Waals surface area contributed by atoms with Crippen molar-refractivity contribution in [3.05, 3.63) is 88.0 Å². The van der Waals surface area contributed by atoms with Crippen molar-refractivity contribution in [1.82, 2.24) is 0 Å². The fraction of sp³-hybridized carbons (Fsp3) is 0.143. The number of halogens is 6. The average Bonchev–Trinajstić information content (AvgIpc) is 2.63. The summed E-state index contributed by atoms with van der Waals surface area (Å²) < 4.78 is 87.3. The Bertz CT molecular complexity index is 1020. The second kappa shape index (κ2) is 7.38. The van der Waals surface area contributed by atoms with E-state index in [2.05, 4.69) is 0 Å². The first-order valence-electron chi connectivity index (χ1n) is 8.48. The SMILES string of the molecule is Cc1ccc(F)c(B(c2cc(F)cc(F)c2C)c2c(F)ccc(C)c2F)c1F. The Morgan fingerprint density at radius 2 is 1.07 bits per heavy atom. The van der Waals surface area contributed by atoms with Crippen molar-refractivity contribution in [3.63, 3.8) is 0 Å². The standard InChI is InChI=1S/C21H15BF6/c1-10-4-6-15(24)18(20(10)27)22(14-8-13(23)9-17(26)12(14)3)19-16(25)7-5-11(2)21(19)28/h4-9H,1-3H3. The van der Waals surface area contributed by atoms with Gasteiger partial charge in [-0.2, -0.15) is 0 Å². The molecule has 0 spiro atoms. The molecule has 0 aliphatic carbocycles. The predicted molar refractivity (Wildman–Crippen MR) is 97.9 cm³/mol. The molecule has 0 unspecified atom stereocenters. The molecule has 3 aromatic rings. The van der Waals surface area contributed by atoms with Crippen LogP contribution in [0.5, 0.6) is 0 Å². The third-order valence-corrected chi connectivity index (χ3v) is 4.88. The second-order valence-corrected chi connectivity index (χ2v) is 6.72. The number of hydrogen-bond acceptors (Lipinski definition) is 0. The van der Waals surface area contributed by atoms with E-state index in [1.165, 1.54) is 32.9 Å². The fourth-order valence-corrected chi connectivity index (χ4v) is 3.31. The van der Waals surface area contributed by atoms with Crippen LogP contribution in [0, 0.1) is 55.7 Å². The van der Waals surface area contributed by atoms with E-state index in [4.69, 9.17) is 0 Å². The molecule has 3 aromatic carbocycles. The first kappa shape index (κ1) is 20.0. The molecule has 0 radical (unpaired) electrons. The van der Waals surface area contributed by atoms with E-state index < -0.39 is 52.5 Å². The molecule has 0 aliphatic rings. The summed E-state index contributed by atoms with van der Waals surface area (Å²) in [5.74, 6) is -6.22. The van der Waals surface area contributed by atoms with Gasteiger partial charge < -0.3 is 0 Å². The van der Waals surface area contributed by atoms with Crippen molar-refractivity contribution < 1.29 is 26.3 Å². The number of hydrogen-bond donors (Lipinski definition) is 0. The third-order valence-electron chi connectivity index (χ3n) is 4.88. The molecule has 0 atom stereocenters. The number of aryl methyl sites for hydroxylation is 2. The normalized spacial score (nSPS) is 11.0. The molecule has 144 valence electrons. The van der Waals surface area contributed by atoms with Gasteiger partial charge >= 0.3 is 0 Å². The third kappa shape index (κ3) is 3.30. The van der Waals surface area contributed by atoms with Gasteiger partial charge in [0, 0.05) is 17.0 Å². The number of rotatable bonds is 3. The Morgan fingerprint density at radius 1 is 0.607 bits per heavy atom. The van der Waals surface area contributed by atoms with Crippen molar-refractivity contribution >= 4 is 23.1 Å². The van der Waals surface area contributed by atoms with Crippen LogP contribution in [0.3, 0.4) is 0 Å². The molecular weight excluding hydrogens is 377 g/mol. The van der Waals surface area contributed by atoms with Crippen LogP contribution < -0.4 is 16.4 Å². The highest BCUT2D eigenvalue weighted by atomic mass is 19.2. The van der Waals surface area contributed by atoms with E-state index in [1.807, 2.05) is 0 Å². The zero-order chi connectivity index (χ0) is 20.7. The lowest BCUT2D eigenvalue weighted by atomic mass is 9.35. The molecule has 0 nitrogen and oxygen atoms in total. The molecule has 0 aliphatic heterocycles. The van der Waals surface area contributed by atoms with Gasteiger partial charge in [0.05, 0.1) is 0 Å². The van der Waals surface area contributed by atoms with Crippen LogP contribution >= 0.6 is 0 Å². The molecule has 7 heteroatoms. The van der Waals surface area contributed by atoms with Gasteiger partial charge in [0.1, 0.15) is 34.9 Å². The van der Waals surface area contributed by atoms with Crippen molar-refractivity contribution in [3.8, 4) is 0 Å². The van der Waals surface area contributed by atoms with Gasteiger partial charge in [-0.25, -0.2) is 26.3 Å². The van der Waals surface area contributed by atoms with E-state index in [9.17, 15) is 26.3 Å². The maximum Gasteiger partial charge on any atom is 0.257 e. The molecule has 0 amide bonds. The van der Waals surface area contributed by atoms with Crippen LogP contribution in [0.15, 0.2) is 36.4 Å². The molecule has 0 saturated carbocycles. The van der Waals surface area contributed by atoms with Crippen LogP contribution in [-0.4, -0.2) is 6.71 Å². The first-order valence-corrected chi connectivity index (χ1v) is 8.48. The molecule has 0 heterocycles. The molecule has 0 fully saturated rings. The Balaban J connectivity index is 2.49. The highest BCUT2D eigenvalue weighted by Crippen LogP contribution is 2.15. The summed E-state index contributed by atoms with van der Waals surface area (Å²) in [5.41, 5.74) is -1.70. The quantitative estimate of drug-likeness (QED) is 0.468. The summed E-state index contributed by atoms with van der Waals surface area (Å²) in [6.45, 7) is 2.26. The maximum absolute atomic E-state index is 14.9. The van der Waals surface area contributed by atoms with Crippen molar-refractivity contribution in [2.45, 2.75) is 20.8 Å². The van der Waals surface area contributed by atoms with E-state index in [-0.39, 0.29) is 22.2 Å². The minimum Gasteiger partial charge on any atom is -0.207 e. The van der Waals surface area contributed by atoms with Crippen LogP contribution in [0.2, 0.25) is 0 Å². The summed E-state index contributed by atoms with van der Waals surface area (Å²) >= 11 is 0. The smallest absolute Gasteiger partial charge is 0.207 e. The topological polar surface area (TPSA) is 0 Å². The lowest BCUT2D eigenvalue weighted by Crippen LogP contribution is -2.58. The summed E-state index contributed by atoms with van der Waals surface area (Å²) in [5, 5.41) is 0. The Labute approximate surface area is 158 Å². The van der Waals surface area contributed by atoms with Crippen LogP contribution in [0.4, 0.5) is 26.3 Å². The minimum atomic E-state index is -1.72. The number of benzene rings is 3. The van der Waals surface area contributed by atoms with Gasteiger partial charge in [-0.1, -0.05) is 17.6 Å². The van der Waals surface area contributed by atoms with E-state index >= 15 is 0 Å². The summed E-state index contributed by atoms with van der Waals surface area (Å²) in [4.78, 5) is 0. The van der Waals surface area contributed by atoms with E-state index in [0.29, 0.717) is 6.07 Å². The van der Waals surface area contributed by atoms with Crippen LogP contribution in [-0.2, 0) is 0 Å². The summed E-state index contributed by atoms with van der Waals surface area (Å²) in [6.07, 6.45) is 0. The Hall–Kier alpha value is -2.70. The molecule has 28 heavy (non-hydrogen) atoms. The van der Waals surface area contributed by atoms with Gasteiger partial charge in [0.15, 0.2) is 0 Å². The summed E-state index contributed by atoms with van der Waals surface area (Å²) in [7, 11) is 0. The first-order chi connectivity index (χ1) is 13.1. The highest BCUT2D eigenvalue weighted by molar-refractivity contribution is 6.96. The molecule has 0 bridgehead atoms. The van der Waals surface area contributed by atoms with Crippen molar-refractivity contribution in [2.24, 2.45) is 0 Å². The lowest BCUT2D eigenvalue weighted by molar-refractivity contribution is 0.578. The van der Waals surface area contributed by atoms with Gasteiger partial charge in [-0.3, -0.25) is 0 Å². The van der Waals surface area contributed by atoms with Gasteiger partial charge in [0.2, 0.25) is 0 Å². The minimum absolute atomic E-state index is 0.0318. The highest BCUT2D eigenvalue weighted by Gasteiger charge is 2.35. The van der Waals surface area contributed by atoms with Crippen LogP contribution in [0.1, 0.15) is 16.7 Å². The Kier molecular flexibility index (Phi) is 5.28. The van der Waals surface area contributed by atoms with E-state index in [1.54, 1.807) is 0 Å². The van der Waals surface area contributed by atoms with Crippen molar-refractivity contribution in [2.75, 3.05) is 0 Å². The molecular formula is C21H15BF6. The molecule has 0 N–H and O–H groups in total. The summed E-state index contributed by atoms with van der Waals surface area (Å²) in [6, 6.07) is 5.70. The maximum atomic E-state index is 14.9. The van der Waals surface area contributed by atoms with Crippen molar-refractivity contribution in [1.29, 1.82) is 0 Å². The molecule has 0 aromatic heterocycles. The lowest BCUT2D eigenvalue weighted by Gasteiger charge is -2.21. The zero-order valence-electron chi connectivity index (χ0n) is 15.3.